The van der Waals surface area contributed by atoms with Gasteiger partial charge < -0.3 is 15.4 Å². The van der Waals surface area contributed by atoms with Crippen LogP contribution in [0.1, 0.15) is 11.1 Å². The Hall–Kier alpha value is -1.18. The summed E-state index contributed by atoms with van der Waals surface area (Å²) in [6, 6.07) is 3.29. The summed E-state index contributed by atoms with van der Waals surface area (Å²) in [6.45, 7) is 2.49. The number of ether oxygens (including phenoxy) is 1. The van der Waals surface area contributed by atoms with Crippen molar-refractivity contribution in [3.05, 3.63) is 35.1 Å². The van der Waals surface area contributed by atoms with Crippen molar-refractivity contribution in [2.45, 2.75) is 12.7 Å². The van der Waals surface area contributed by atoms with Crippen molar-refractivity contribution in [3.8, 4) is 0 Å². The van der Waals surface area contributed by atoms with Gasteiger partial charge in [-0.05, 0) is 6.07 Å². The molecule has 0 fully saturated rings. The lowest BCUT2D eigenvalue weighted by atomic mass is 10.1. The molecule has 0 aromatic heterocycles. The fourth-order valence-electron chi connectivity index (χ4n) is 1.63. The Labute approximate surface area is 115 Å². The summed E-state index contributed by atoms with van der Waals surface area (Å²) in [6.07, 6.45) is -4.66. The standard InChI is InChI=1S/C13H18F4N2O/c1-20-8-7-18-5-6-19-9-10-3-2-4-11(12(10)14)13(15,16)17/h2-4,18-19H,5-9H2,1H3. The van der Waals surface area contributed by atoms with Gasteiger partial charge in [-0.1, -0.05) is 12.1 Å². The van der Waals surface area contributed by atoms with Crippen molar-refractivity contribution in [2.75, 3.05) is 33.4 Å². The average Bonchev–Trinajstić information content (AvgIpc) is 2.38. The molecule has 1 aromatic rings. The van der Waals surface area contributed by atoms with E-state index in [1.807, 2.05) is 0 Å². The second kappa shape index (κ2) is 8.18. The summed E-state index contributed by atoms with van der Waals surface area (Å²) >= 11 is 0. The molecule has 0 heterocycles. The zero-order valence-electron chi connectivity index (χ0n) is 11.2. The molecule has 0 bridgehead atoms. The second-order valence-corrected chi connectivity index (χ2v) is 4.20. The highest BCUT2D eigenvalue weighted by atomic mass is 19.4. The number of halogens is 4. The van der Waals surface area contributed by atoms with Gasteiger partial charge in [-0.2, -0.15) is 13.2 Å². The van der Waals surface area contributed by atoms with Gasteiger partial charge in [-0.3, -0.25) is 0 Å². The lowest BCUT2D eigenvalue weighted by molar-refractivity contribution is -0.140. The Kier molecular flexibility index (Phi) is 6.90. The highest BCUT2D eigenvalue weighted by Gasteiger charge is 2.34. The van der Waals surface area contributed by atoms with E-state index in [0.717, 1.165) is 6.07 Å². The lowest BCUT2D eigenvalue weighted by Gasteiger charge is -2.12. The summed E-state index contributed by atoms with van der Waals surface area (Å²) in [5.74, 6) is -1.21. The predicted molar refractivity (Wildman–Crippen MR) is 67.9 cm³/mol. The number of benzene rings is 1. The molecular weight excluding hydrogens is 276 g/mol. The maximum atomic E-state index is 13.7. The summed E-state index contributed by atoms with van der Waals surface area (Å²) < 4.78 is 56.0. The third-order valence-electron chi connectivity index (χ3n) is 2.66. The molecule has 0 saturated heterocycles. The quantitative estimate of drug-likeness (QED) is 0.569. The molecule has 0 atom stereocenters. The molecule has 20 heavy (non-hydrogen) atoms. The first-order valence-corrected chi connectivity index (χ1v) is 6.21. The van der Waals surface area contributed by atoms with Crippen LogP contribution >= 0.6 is 0 Å². The van der Waals surface area contributed by atoms with Crippen molar-refractivity contribution in [3.63, 3.8) is 0 Å². The van der Waals surface area contributed by atoms with Gasteiger partial charge in [0.2, 0.25) is 0 Å². The van der Waals surface area contributed by atoms with Crippen molar-refractivity contribution < 1.29 is 22.3 Å². The van der Waals surface area contributed by atoms with Crippen LogP contribution in [0, 0.1) is 5.82 Å². The van der Waals surface area contributed by atoms with Gasteiger partial charge in [0.25, 0.3) is 0 Å². The van der Waals surface area contributed by atoms with E-state index in [1.54, 1.807) is 7.11 Å². The van der Waals surface area contributed by atoms with Crippen molar-refractivity contribution in [1.82, 2.24) is 10.6 Å². The van der Waals surface area contributed by atoms with Gasteiger partial charge >= 0.3 is 6.18 Å². The molecule has 0 amide bonds. The molecule has 0 radical (unpaired) electrons. The topological polar surface area (TPSA) is 33.3 Å². The maximum absolute atomic E-state index is 13.7. The number of methoxy groups -OCH3 is 1. The smallest absolute Gasteiger partial charge is 0.383 e. The van der Waals surface area contributed by atoms with Gasteiger partial charge in [0.1, 0.15) is 5.82 Å². The van der Waals surface area contributed by atoms with Gasteiger partial charge in [-0.25, -0.2) is 4.39 Å². The molecule has 0 aliphatic rings. The van der Waals surface area contributed by atoms with E-state index in [1.165, 1.54) is 12.1 Å². The molecule has 1 rings (SSSR count). The van der Waals surface area contributed by atoms with Crippen LogP contribution in [0.5, 0.6) is 0 Å². The summed E-state index contributed by atoms with van der Waals surface area (Å²) in [5.41, 5.74) is -1.22. The minimum Gasteiger partial charge on any atom is -0.383 e. The average molecular weight is 294 g/mol. The van der Waals surface area contributed by atoms with Crippen LogP contribution in [-0.4, -0.2) is 33.4 Å². The van der Waals surface area contributed by atoms with Crippen molar-refractivity contribution in [2.24, 2.45) is 0 Å². The largest absolute Gasteiger partial charge is 0.419 e. The summed E-state index contributed by atoms with van der Waals surface area (Å²) in [7, 11) is 1.59. The number of hydrogen-bond acceptors (Lipinski definition) is 3. The van der Waals surface area contributed by atoms with E-state index in [9.17, 15) is 17.6 Å². The van der Waals surface area contributed by atoms with Crippen LogP contribution in [-0.2, 0) is 17.5 Å². The van der Waals surface area contributed by atoms with Crippen LogP contribution in [0.4, 0.5) is 17.6 Å². The van der Waals surface area contributed by atoms with Gasteiger partial charge in [0.05, 0.1) is 12.2 Å². The second-order valence-electron chi connectivity index (χ2n) is 4.20. The Bertz CT molecular complexity index is 410. The number of rotatable bonds is 8. The zero-order chi connectivity index (χ0) is 15.0. The number of alkyl halides is 3. The monoisotopic (exact) mass is 294 g/mol. The van der Waals surface area contributed by atoms with E-state index < -0.39 is 17.6 Å². The molecule has 2 N–H and O–H groups in total. The van der Waals surface area contributed by atoms with Gasteiger partial charge in [0, 0.05) is 38.9 Å². The van der Waals surface area contributed by atoms with Crippen LogP contribution in [0.3, 0.4) is 0 Å². The summed E-state index contributed by atoms with van der Waals surface area (Å²) in [4.78, 5) is 0. The molecule has 0 unspecified atom stereocenters. The Balaban J connectivity index is 2.41. The van der Waals surface area contributed by atoms with Crippen LogP contribution in [0.15, 0.2) is 18.2 Å². The Morgan fingerprint density at radius 2 is 1.80 bits per heavy atom. The SMILES string of the molecule is COCCNCCNCc1cccc(C(F)(F)F)c1F. The molecule has 0 saturated carbocycles. The van der Waals surface area contributed by atoms with E-state index in [2.05, 4.69) is 10.6 Å². The normalized spacial score (nSPS) is 11.8. The molecule has 0 aliphatic carbocycles. The Morgan fingerprint density at radius 3 is 2.45 bits per heavy atom. The van der Waals surface area contributed by atoms with Gasteiger partial charge in [-0.15, -0.1) is 0 Å². The first-order valence-electron chi connectivity index (χ1n) is 6.21. The molecule has 114 valence electrons. The first kappa shape index (κ1) is 16.9. The van der Waals surface area contributed by atoms with Gasteiger partial charge in [0.15, 0.2) is 0 Å². The number of hydrogen-bond donors (Lipinski definition) is 2. The Morgan fingerprint density at radius 1 is 1.10 bits per heavy atom. The molecule has 0 aliphatic heterocycles. The van der Waals surface area contributed by atoms with Crippen molar-refractivity contribution >= 4 is 0 Å². The van der Waals surface area contributed by atoms with E-state index in [4.69, 9.17) is 4.74 Å². The van der Waals surface area contributed by atoms with Crippen LogP contribution < -0.4 is 10.6 Å². The van der Waals surface area contributed by atoms with Crippen LogP contribution in [0.25, 0.3) is 0 Å². The summed E-state index contributed by atoms with van der Waals surface area (Å²) in [5, 5.41) is 5.95. The predicted octanol–water partition coefficient (Wildman–Crippen LogP) is 2.17. The zero-order valence-corrected chi connectivity index (χ0v) is 11.2. The highest BCUT2D eigenvalue weighted by molar-refractivity contribution is 5.28. The minimum atomic E-state index is -4.66. The molecular formula is C13H18F4N2O. The third-order valence-corrected chi connectivity index (χ3v) is 2.66. The highest BCUT2D eigenvalue weighted by Crippen LogP contribution is 2.32. The fourth-order valence-corrected chi connectivity index (χ4v) is 1.63. The van der Waals surface area contributed by atoms with E-state index in [-0.39, 0.29) is 12.1 Å². The maximum Gasteiger partial charge on any atom is 0.419 e. The molecule has 0 spiro atoms. The molecule has 1 aromatic carbocycles. The first-order chi connectivity index (χ1) is 9.46. The fraction of sp³-hybridized carbons (Fsp3) is 0.538. The molecule has 7 heteroatoms. The van der Waals surface area contributed by atoms with Crippen LogP contribution in [0.2, 0.25) is 0 Å². The van der Waals surface area contributed by atoms with E-state index >= 15 is 0 Å². The third kappa shape index (κ3) is 5.44. The van der Waals surface area contributed by atoms with Crippen molar-refractivity contribution in [1.29, 1.82) is 0 Å². The minimum absolute atomic E-state index is 0.0108. The lowest BCUT2D eigenvalue weighted by Crippen LogP contribution is -2.29. The number of nitrogens with one attached hydrogen (secondary N) is 2. The van der Waals surface area contributed by atoms with E-state index in [0.29, 0.717) is 26.2 Å². The molecule has 3 nitrogen and oxygen atoms in total.